The fourth-order valence-electron chi connectivity index (χ4n) is 1.06. The smallest absolute Gasteiger partial charge is 0.342 e. The van der Waals surface area contributed by atoms with E-state index in [0.29, 0.717) is 0 Å². The molecule has 1 N–H and O–H groups in total. The van der Waals surface area contributed by atoms with Crippen LogP contribution in [0.1, 0.15) is 10.4 Å². The summed E-state index contributed by atoms with van der Waals surface area (Å²) in [5.74, 6) is -1.18. The first-order valence-corrected chi connectivity index (χ1v) is 4.19. The number of ether oxygens (including phenoxy) is 2. The quantitative estimate of drug-likeness (QED) is 0.462. The lowest BCUT2D eigenvalue weighted by Crippen LogP contribution is -2.04. The van der Waals surface area contributed by atoms with Crippen LogP contribution in [0.2, 0.25) is 0 Å². The fourth-order valence-corrected chi connectivity index (χ4v) is 1.06. The van der Waals surface area contributed by atoms with Crippen molar-refractivity contribution in [3.05, 3.63) is 33.9 Å². The van der Waals surface area contributed by atoms with Crippen LogP contribution in [0.3, 0.4) is 0 Å². The zero-order valence-electron chi connectivity index (χ0n) is 8.37. The molecule has 0 saturated heterocycles. The molecule has 86 valence electrons. The molecular formula is C9H9NO6. The van der Waals surface area contributed by atoms with Crippen LogP contribution in [0.15, 0.2) is 18.2 Å². The Kier molecular flexibility index (Phi) is 3.78. The number of carboxylic acids is 1. The Morgan fingerprint density at radius 2 is 2.25 bits per heavy atom. The van der Waals surface area contributed by atoms with E-state index in [1.165, 1.54) is 13.2 Å². The maximum absolute atomic E-state index is 10.8. The van der Waals surface area contributed by atoms with Crippen molar-refractivity contribution in [2.45, 2.75) is 0 Å². The number of methoxy groups -OCH3 is 1. The lowest BCUT2D eigenvalue weighted by atomic mass is 10.2. The molecule has 7 nitrogen and oxygen atoms in total. The fraction of sp³-hybridized carbons (Fsp3) is 0.222. The summed E-state index contributed by atoms with van der Waals surface area (Å²) in [7, 11) is 1.41. The summed E-state index contributed by atoms with van der Waals surface area (Å²) in [4.78, 5) is 20.5. The summed E-state index contributed by atoms with van der Waals surface area (Å²) < 4.78 is 9.59. The Hall–Kier alpha value is -2.15. The first-order valence-electron chi connectivity index (χ1n) is 4.19. The van der Waals surface area contributed by atoms with Crippen LogP contribution in [0.5, 0.6) is 5.75 Å². The molecule has 0 radical (unpaired) electrons. The number of carbonyl (C=O) groups is 1. The highest BCUT2D eigenvalue weighted by Crippen LogP contribution is 2.23. The largest absolute Gasteiger partial charge is 0.477 e. The molecule has 0 saturated carbocycles. The molecule has 7 heteroatoms. The molecule has 16 heavy (non-hydrogen) atoms. The van der Waals surface area contributed by atoms with Gasteiger partial charge in [0, 0.05) is 19.2 Å². The van der Waals surface area contributed by atoms with Gasteiger partial charge in [-0.3, -0.25) is 10.1 Å². The van der Waals surface area contributed by atoms with Crippen molar-refractivity contribution < 1.29 is 24.3 Å². The van der Waals surface area contributed by atoms with Gasteiger partial charge in [-0.05, 0) is 6.07 Å². The van der Waals surface area contributed by atoms with E-state index in [2.05, 4.69) is 4.74 Å². The second kappa shape index (κ2) is 5.08. The van der Waals surface area contributed by atoms with Crippen LogP contribution in [-0.4, -0.2) is 29.9 Å². The molecular weight excluding hydrogens is 218 g/mol. The number of hydrogen-bond acceptors (Lipinski definition) is 5. The van der Waals surface area contributed by atoms with Gasteiger partial charge in [0.1, 0.15) is 11.3 Å². The number of carboxylic acid groups (broad SMARTS) is 1. The first-order chi connectivity index (χ1) is 7.56. The number of rotatable bonds is 5. The summed E-state index contributed by atoms with van der Waals surface area (Å²) in [5.41, 5.74) is -0.893. The third kappa shape index (κ3) is 2.67. The van der Waals surface area contributed by atoms with Gasteiger partial charge in [-0.25, -0.2) is 4.79 Å². The van der Waals surface area contributed by atoms with Crippen molar-refractivity contribution in [2.24, 2.45) is 0 Å². The van der Waals surface area contributed by atoms with E-state index < -0.39 is 22.1 Å². The predicted octanol–water partition coefficient (Wildman–Crippen LogP) is 1.28. The van der Waals surface area contributed by atoms with Crippen LogP contribution in [0.4, 0.5) is 5.69 Å². The highest BCUT2D eigenvalue weighted by Gasteiger charge is 2.20. The summed E-state index contributed by atoms with van der Waals surface area (Å²) in [6.07, 6.45) is 0. The number of nitro benzene ring substituents is 1. The average Bonchev–Trinajstić information content (AvgIpc) is 2.25. The van der Waals surface area contributed by atoms with Crippen LogP contribution in [0.25, 0.3) is 0 Å². The monoisotopic (exact) mass is 227 g/mol. The minimum atomic E-state index is -1.38. The van der Waals surface area contributed by atoms with Crippen molar-refractivity contribution in [1.82, 2.24) is 0 Å². The van der Waals surface area contributed by atoms with Crippen molar-refractivity contribution in [2.75, 3.05) is 13.9 Å². The van der Waals surface area contributed by atoms with E-state index in [-0.39, 0.29) is 12.5 Å². The minimum absolute atomic E-state index is 0.0587. The van der Waals surface area contributed by atoms with Crippen LogP contribution in [0, 0.1) is 10.1 Å². The van der Waals surface area contributed by atoms with Gasteiger partial charge in [0.15, 0.2) is 6.79 Å². The lowest BCUT2D eigenvalue weighted by Gasteiger charge is -2.05. The second-order valence-corrected chi connectivity index (χ2v) is 2.79. The third-order valence-corrected chi connectivity index (χ3v) is 1.74. The van der Waals surface area contributed by atoms with E-state index in [0.717, 1.165) is 12.1 Å². The number of benzene rings is 1. The number of aromatic carboxylic acids is 1. The maximum Gasteiger partial charge on any atom is 0.342 e. The van der Waals surface area contributed by atoms with Crippen molar-refractivity contribution >= 4 is 11.7 Å². The van der Waals surface area contributed by atoms with E-state index in [1.54, 1.807) is 0 Å². The summed E-state index contributed by atoms with van der Waals surface area (Å²) in [5, 5.41) is 19.3. The highest BCUT2D eigenvalue weighted by atomic mass is 16.7. The van der Waals surface area contributed by atoms with Gasteiger partial charge in [-0.15, -0.1) is 0 Å². The third-order valence-electron chi connectivity index (χ3n) is 1.74. The first kappa shape index (κ1) is 11.9. The molecule has 0 aliphatic carbocycles. The van der Waals surface area contributed by atoms with Gasteiger partial charge in [0.2, 0.25) is 0 Å². The lowest BCUT2D eigenvalue weighted by molar-refractivity contribution is -0.385. The van der Waals surface area contributed by atoms with Crippen LogP contribution >= 0.6 is 0 Å². The molecule has 0 amide bonds. The molecule has 0 heterocycles. The minimum Gasteiger partial charge on any atom is -0.477 e. The zero-order chi connectivity index (χ0) is 12.1. The Morgan fingerprint density at radius 1 is 1.56 bits per heavy atom. The number of nitro groups is 1. The summed E-state index contributed by atoms with van der Waals surface area (Å²) in [6.45, 7) is -0.0587. The molecule has 1 aromatic carbocycles. The number of nitrogens with zero attached hydrogens (tertiary/aromatic N) is 1. The zero-order valence-corrected chi connectivity index (χ0v) is 8.37. The molecule has 0 aliphatic heterocycles. The van der Waals surface area contributed by atoms with E-state index in [4.69, 9.17) is 9.84 Å². The van der Waals surface area contributed by atoms with Crippen LogP contribution < -0.4 is 4.74 Å². The van der Waals surface area contributed by atoms with E-state index in [9.17, 15) is 14.9 Å². The molecule has 0 aromatic heterocycles. The molecule has 1 rings (SSSR count). The molecule has 0 bridgehead atoms. The van der Waals surface area contributed by atoms with Crippen molar-refractivity contribution in [3.63, 3.8) is 0 Å². The van der Waals surface area contributed by atoms with Crippen molar-refractivity contribution in [3.8, 4) is 5.75 Å². The Morgan fingerprint density at radius 3 is 2.75 bits per heavy atom. The Bertz CT molecular complexity index is 416. The SMILES string of the molecule is COCOc1ccc([N+](=O)[O-])c(C(=O)O)c1. The topological polar surface area (TPSA) is 98.9 Å². The van der Waals surface area contributed by atoms with E-state index >= 15 is 0 Å². The van der Waals surface area contributed by atoms with Gasteiger partial charge in [0.25, 0.3) is 5.69 Å². The van der Waals surface area contributed by atoms with Crippen molar-refractivity contribution in [1.29, 1.82) is 0 Å². The van der Waals surface area contributed by atoms with Gasteiger partial charge < -0.3 is 14.6 Å². The average molecular weight is 227 g/mol. The predicted molar refractivity (Wildman–Crippen MR) is 52.6 cm³/mol. The Balaban J connectivity index is 3.07. The van der Waals surface area contributed by atoms with Gasteiger partial charge in [0.05, 0.1) is 4.92 Å². The highest BCUT2D eigenvalue weighted by molar-refractivity contribution is 5.92. The molecule has 0 aliphatic rings. The van der Waals surface area contributed by atoms with E-state index in [1.807, 2.05) is 0 Å². The summed E-state index contributed by atoms with van der Waals surface area (Å²) in [6, 6.07) is 3.47. The Labute approximate surface area is 90.4 Å². The van der Waals surface area contributed by atoms with Crippen LogP contribution in [-0.2, 0) is 4.74 Å². The standard InChI is InChI=1S/C9H9NO6/c1-15-5-16-6-2-3-8(10(13)14)7(4-6)9(11)12/h2-4H,5H2,1H3,(H,11,12). The normalized spacial score (nSPS) is 9.81. The molecule has 0 fully saturated rings. The maximum atomic E-state index is 10.8. The molecule has 1 aromatic rings. The van der Waals surface area contributed by atoms with Gasteiger partial charge >= 0.3 is 5.97 Å². The molecule has 0 atom stereocenters. The summed E-state index contributed by atoms with van der Waals surface area (Å²) >= 11 is 0. The van der Waals surface area contributed by atoms with Gasteiger partial charge in [-0.2, -0.15) is 0 Å². The second-order valence-electron chi connectivity index (χ2n) is 2.79. The number of hydrogen-bond donors (Lipinski definition) is 1. The van der Waals surface area contributed by atoms with Gasteiger partial charge in [-0.1, -0.05) is 0 Å². The molecule has 0 unspecified atom stereocenters. The molecule has 0 spiro atoms.